The predicted octanol–water partition coefficient (Wildman–Crippen LogP) is 3.18. The van der Waals surface area contributed by atoms with Gasteiger partial charge in [0, 0.05) is 23.5 Å². The summed E-state index contributed by atoms with van der Waals surface area (Å²) < 4.78 is 6.26. The second-order valence-corrected chi connectivity index (χ2v) is 5.37. The van der Waals surface area contributed by atoms with Crippen molar-refractivity contribution in [2.24, 2.45) is 0 Å². The summed E-state index contributed by atoms with van der Waals surface area (Å²) in [4.78, 5) is 20.2. The number of nitrogens with one attached hydrogen (secondary N) is 1. The largest absolute Gasteiger partial charge is 0.419 e. The van der Waals surface area contributed by atoms with Crippen molar-refractivity contribution < 1.29 is 4.42 Å². The first-order valence-corrected chi connectivity index (χ1v) is 7.50. The van der Waals surface area contributed by atoms with Gasteiger partial charge in [-0.15, -0.1) is 0 Å². The molecule has 6 heteroatoms. The molecule has 0 aliphatic rings. The van der Waals surface area contributed by atoms with Crippen LogP contribution in [0.5, 0.6) is 0 Å². The number of hydrogen-bond donors (Lipinski definition) is 1. The van der Waals surface area contributed by atoms with Crippen molar-refractivity contribution in [3.8, 4) is 0 Å². The maximum atomic E-state index is 11.4. The van der Waals surface area contributed by atoms with Gasteiger partial charge in [0.2, 0.25) is 5.95 Å². The molecular weight excluding hydrogens is 304 g/mol. The lowest BCUT2D eigenvalue weighted by Crippen LogP contribution is -2.13. The number of para-hydroxylation sites is 1. The fourth-order valence-electron chi connectivity index (χ4n) is 2.46. The summed E-state index contributed by atoms with van der Waals surface area (Å²) >= 11 is 0. The third-order valence-corrected chi connectivity index (χ3v) is 3.70. The summed E-state index contributed by atoms with van der Waals surface area (Å²) in [6.45, 7) is 0.474. The van der Waals surface area contributed by atoms with Gasteiger partial charge in [-0.05, 0) is 23.8 Å². The molecule has 0 unspecified atom stereocenters. The maximum Gasteiger partial charge on any atom is 0.419 e. The van der Waals surface area contributed by atoms with Gasteiger partial charge in [0.1, 0.15) is 6.26 Å². The van der Waals surface area contributed by atoms with Gasteiger partial charge in [-0.25, -0.2) is 14.8 Å². The topological polar surface area (TPSA) is 73.0 Å². The Morgan fingerprint density at radius 2 is 1.92 bits per heavy atom. The minimum atomic E-state index is -0.359. The summed E-state index contributed by atoms with van der Waals surface area (Å²) in [7, 11) is 0. The molecule has 4 rings (SSSR count). The highest BCUT2D eigenvalue weighted by atomic mass is 16.4. The van der Waals surface area contributed by atoms with Gasteiger partial charge < -0.3 is 9.73 Å². The molecule has 24 heavy (non-hydrogen) atoms. The fraction of sp³-hybridized carbons (Fsp3) is 0.0556. The second-order valence-electron chi connectivity index (χ2n) is 5.37. The van der Waals surface area contributed by atoms with Crippen LogP contribution in [-0.2, 0) is 6.54 Å². The van der Waals surface area contributed by atoms with Gasteiger partial charge in [-0.2, -0.15) is 0 Å². The third kappa shape index (κ3) is 2.89. The minimum Gasteiger partial charge on any atom is -0.416 e. The number of benzene rings is 2. The van der Waals surface area contributed by atoms with Crippen LogP contribution in [0.15, 0.2) is 76.4 Å². The van der Waals surface area contributed by atoms with Gasteiger partial charge in [0.15, 0.2) is 0 Å². The Kier molecular flexibility index (Phi) is 3.55. The Bertz CT molecular complexity index is 1030. The normalized spacial score (nSPS) is 10.8. The van der Waals surface area contributed by atoms with E-state index in [9.17, 15) is 4.79 Å². The summed E-state index contributed by atoms with van der Waals surface area (Å²) in [6, 6.07) is 15.6. The molecule has 0 saturated carbocycles. The Labute approximate surface area is 137 Å². The van der Waals surface area contributed by atoms with E-state index in [0.717, 1.165) is 22.2 Å². The van der Waals surface area contributed by atoms with Crippen molar-refractivity contribution in [1.29, 1.82) is 0 Å². The minimum absolute atomic E-state index is 0.359. The number of hydrogen-bond acceptors (Lipinski definition) is 5. The van der Waals surface area contributed by atoms with E-state index in [1.165, 1.54) is 10.8 Å². The highest BCUT2D eigenvalue weighted by molar-refractivity contribution is 5.78. The number of oxazole rings is 1. The monoisotopic (exact) mass is 318 g/mol. The van der Waals surface area contributed by atoms with Crippen LogP contribution in [0, 0.1) is 0 Å². The average molecular weight is 318 g/mol. The van der Waals surface area contributed by atoms with E-state index in [1.807, 2.05) is 48.5 Å². The Balaban J connectivity index is 1.52. The summed E-state index contributed by atoms with van der Waals surface area (Å²) in [6.07, 6.45) is 4.80. The van der Waals surface area contributed by atoms with Crippen LogP contribution >= 0.6 is 0 Å². The molecule has 2 aromatic carbocycles. The van der Waals surface area contributed by atoms with E-state index in [4.69, 9.17) is 4.42 Å². The summed E-state index contributed by atoms with van der Waals surface area (Å²) in [5, 5.41) is 4.19. The molecule has 6 nitrogen and oxygen atoms in total. The summed E-state index contributed by atoms with van der Waals surface area (Å²) in [5.74, 6) is 0.189. The number of anilines is 2. The van der Waals surface area contributed by atoms with Crippen LogP contribution in [0.1, 0.15) is 5.56 Å². The van der Waals surface area contributed by atoms with Crippen LogP contribution in [-0.4, -0.2) is 14.5 Å². The van der Waals surface area contributed by atoms with Gasteiger partial charge in [0.25, 0.3) is 0 Å². The molecule has 2 aromatic heterocycles. The quantitative estimate of drug-likeness (QED) is 0.625. The molecule has 0 aliphatic heterocycles. The van der Waals surface area contributed by atoms with Crippen molar-refractivity contribution in [3.63, 3.8) is 0 Å². The van der Waals surface area contributed by atoms with Crippen LogP contribution < -0.4 is 11.1 Å². The number of fused-ring (bicyclic) bond motifs is 1. The molecule has 0 spiro atoms. The molecule has 0 atom stereocenters. The molecule has 0 radical (unpaired) electrons. The summed E-state index contributed by atoms with van der Waals surface area (Å²) in [5.41, 5.74) is 2.78. The standard InChI is InChI=1S/C18H14N4O2/c23-18-22(9-10-24-18)12-13-5-7-15(8-6-13)20-17-19-11-14-3-1-2-4-16(14)21-17/h1-11H,12H2,(H,19,20,21). The van der Waals surface area contributed by atoms with E-state index in [0.29, 0.717) is 12.5 Å². The van der Waals surface area contributed by atoms with Crippen molar-refractivity contribution in [2.75, 3.05) is 5.32 Å². The van der Waals surface area contributed by atoms with Gasteiger partial charge in [-0.1, -0.05) is 30.3 Å². The first kappa shape index (κ1) is 14.2. The lowest BCUT2D eigenvalue weighted by molar-refractivity contribution is 0.487. The maximum absolute atomic E-state index is 11.4. The van der Waals surface area contributed by atoms with E-state index in [1.54, 1.807) is 12.4 Å². The molecular formula is C18H14N4O2. The zero-order valence-electron chi connectivity index (χ0n) is 12.7. The van der Waals surface area contributed by atoms with E-state index >= 15 is 0 Å². The van der Waals surface area contributed by atoms with E-state index in [-0.39, 0.29) is 5.76 Å². The highest BCUT2D eigenvalue weighted by Crippen LogP contribution is 2.17. The van der Waals surface area contributed by atoms with Crippen molar-refractivity contribution in [1.82, 2.24) is 14.5 Å². The zero-order chi connectivity index (χ0) is 16.4. The lowest BCUT2D eigenvalue weighted by atomic mass is 10.2. The second kappa shape index (κ2) is 6.00. The fourth-order valence-corrected chi connectivity index (χ4v) is 2.46. The molecule has 0 fully saturated rings. The molecule has 1 N–H and O–H groups in total. The van der Waals surface area contributed by atoms with Crippen LogP contribution in [0.25, 0.3) is 10.9 Å². The molecule has 4 aromatic rings. The van der Waals surface area contributed by atoms with Gasteiger partial charge >= 0.3 is 5.76 Å². The molecule has 0 saturated heterocycles. The number of aromatic nitrogens is 3. The van der Waals surface area contributed by atoms with Crippen LogP contribution in [0.3, 0.4) is 0 Å². The van der Waals surface area contributed by atoms with Crippen molar-refractivity contribution >= 4 is 22.5 Å². The number of rotatable bonds is 4. The van der Waals surface area contributed by atoms with Gasteiger partial charge in [0.05, 0.1) is 12.1 Å². The smallest absolute Gasteiger partial charge is 0.416 e. The zero-order valence-corrected chi connectivity index (χ0v) is 12.7. The highest BCUT2D eigenvalue weighted by Gasteiger charge is 2.02. The van der Waals surface area contributed by atoms with Crippen LogP contribution in [0.2, 0.25) is 0 Å². The Morgan fingerprint density at radius 3 is 2.71 bits per heavy atom. The van der Waals surface area contributed by atoms with Crippen molar-refractivity contribution in [2.45, 2.75) is 6.54 Å². The average Bonchev–Trinajstić information content (AvgIpc) is 3.01. The molecule has 0 amide bonds. The SMILES string of the molecule is O=c1occn1Cc1ccc(Nc2ncc3ccccc3n2)cc1. The molecule has 2 heterocycles. The van der Waals surface area contributed by atoms with E-state index in [2.05, 4.69) is 15.3 Å². The third-order valence-electron chi connectivity index (χ3n) is 3.70. The molecule has 0 aliphatic carbocycles. The van der Waals surface area contributed by atoms with E-state index < -0.39 is 0 Å². The first-order valence-electron chi connectivity index (χ1n) is 7.50. The van der Waals surface area contributed by atoms with Crippen LogP contribution in [0.4, 0.5) is 11.6 Å². The molecule has 0 bridgehead atoms. The predicted molar refractivity (Wildman–Crippen MR) is 91.3 cm³/mol. The van der Waals surface area contributed by atoms with Gasteiger partial charge in [-0.3, -0.25) is 4.57 Å². The molecule has 118 valence electrons. The Morgan fingerprint density at radius 1 is 1.08 bits per heavy atom. The first-order chi connectivity index (χ1) is 11.8. The van der Waals surface area contributed by atoms with Crippen molar-refractivity contribution in [3.05, 3.63) is 83.3 Å². The number of nitrogens with zero attached hydrogens (tertiary/aromatic N) is 3. The Hall–Kier alpha value is -3.41. The lowest BCUT2D eigenvalue weighted by Gasteiger charge is -2.07.